The molecule has 37 heavy (non-hydrogen) atoms. The molecule has 0 radical (unpaired) electrons. The summed E-state index contributed by atoms with van der Waals surface area (Å²) in [7, 11) is 0. The van der Waals surface area contributed by atoms with Gasteiger partial charge in [0.1, 0.15) is 21.2 Å². The average Bonchev–Trinajstić information content (AvgIpc) is 3.07. The van der Waals surface area contributed by atoms with Crippen LogP contribution in [0.5, 0.6) is 0 Å². The van der Waals surface area contributed by atoms with Gasteiger partial charge in [-0.2, -0.15) is 13.2 Å². The van der Waals surface area contributed by atoms with Crippen LogP contribution in [0, 0.1) is 0 Å². The lowest BCUT2D eigenvalue weighted by Gasteiger charge is -2.33. The van der Waals surface area contributed by atoms with Gasteiger partial charge in [0, 0.05) is 28.0 Å². The van der Waals surface area contributed by atoms with Gasteiger partial charge in [-0.15, -0.1) is 11.8 Å². The number of aliphatic carboxylic acids is 1. The van der Waals surface area contributed by atoms with Gasteiger partial charge in [0.25, 0.3) is 0 Å². The molecule has 1 aliphatic heterocycles. The maximum absolute atomic E-state index is 14.6. The predicted molar refractivity (Wildman–Crippen MR) is 136 cm³/mol. The maximum Gasteiger partial charge on any atom is 0.407 e. The highest BCUT2D eigenvalue weighted by atomic mass is 35.5. The lowest BCUT2D eigenvalue weighted by Crippen LogP contribution is -2.41. The number of amides is 1. The van der Waals surface area contributed by atoms with E-state index in [0.29, 0.717) is 5.56 Å². The molecule has 2 aromatic rings. The van der Waals surface area contributed by atoms with Crippen LogP contribution < -0.4 is 5.32 Å². The van der Waals surface area contributed by atoms with E-state index in [4.69, 9.17) is 39.5 Å². The second kappa shape index (κ2) is 10.4. The van der Waals surface area contributed by atoms with Crippen LogP contribution in [0.15, 0.2) is 36.4 Å². The molecule has 1 fully saturated rings. The molecule has 6 nitrogen and oxygen atoms in total. The molecule has 0 saturated carbocycles. The van der Waals surface area contributed by atoms with Crippen molar-refractivity contribution in [3.8, 4) is 0 Å². The molecular formula is C24H23Cl3F3NO5S. The fourth-order valence-electron chi connectivity index (χ4n) is 4.05. The standard InChI is InChI=1S/C24H23Cl3F3NO5S/c1-21(2,3)36-20(34)31-10-12-4-5-13(8-17(12)27)22(35)11-23(24(28,29)30,37-18(22)19(32)33)14-6-15(25)9-16(26)7-14/h4-9,18,35H,10-11H2,1-3H3,(H,31,34)(H,32,33). The quantitative estimate of drug-likeness (QED) is 0.345. The molecule has 202 valence electrons. The van der Waals surface area contributed by atoms with Crippen LogP contribution >= 0.6 is 46.6 Å². The molecule has 3 atom stereocenters. The number of ether oxygens (including phenoxy) is 1. The van der Waals surface area contributed by atoms with Gasteiger partial charge in [-0.3, -0.25) is 4.79 Å². The highest BCUT2D eigenvalue weighted by Crippen LogP contribution is 2.65. The van der Waals surface area contributed by atoms with Crippen LogP contribution in [0.25, 0.3) is 0 Å². The third-order valence-corrected chi connectivity index (χ3v) is 8.29. The van der Waals surface area contributed by atoms with Gasteiger partial charge in [-0.05, 0) is 61.7 Å². The Balaban J connectivity index is 2.01. The molecule has 3 N–H and O–H groups in total. The van der Waals surface area contributed by atoms with E-state index in [2.05, 4.69) is 5.32 Å². The number of halogens is 6. The fraction of sp³-hybridized carbons (Fsp3) is 0.417. The summed E-state index contributed by atoms with van der Waals surface area (Å²) in [6.07, 6.45) is -6.72. The van der Waals surface area contributed by atoms with E-state index in [9.17, 15) is 33.0 Å². The Labute approximate surface area is 230 Å². The minimum atomic E-state index is -4.98. The summed E-state index contributed by atoms with van der Waals surface area (Å²) >= 11 is 18.3. The number of carboxylic acid groups (broad SMARTS) is 1. The summed E-state index contributed by atoms with van der Waals surface area (Å²) in [6.45, 7) is 4.99. The SMILES string of the molecule is CC(C)(C)OC(=O)NCc1ccc(C2(O)CC(c3cc(Cl)cc(Cl)c3)(C(F)(F)F)SC2C(=O)O)cc1Cl. The lowest BCUT2D eigenvalue weighted by atomic mass is 9.79. The highest BCUT2D eigenvalue weighted by Gasteiger charge is 2.69. The van der Waals surface area contributed by atoms with Crippen molar-refractivity contribution in [2.75, 3.05) is 0 Å². The van der Waals surface area contributed by atoms with Gasteiger partial charge in [-0.1, -0.05) is 46.9 Å². The van der Waals surface area contributed by atoms with Crippen LogP contribution in [0.4, 0.5) is 18.0 Å². The topological polar surface area (TPSA) is 95.9 Å². The fourth-order valence-corrected chi connectivity index (χ4v) is 6.43. The highest BCUT2D eigenvalue weighted by molar-refractivity contribution is 8.02. The first kappa shape index (κ1) is 29.7. The predicted octanol–water partition coefficient (Wildman–Crippen LogP) is 6.91. The number of alkyl carbamates (subject to hydrolysis) is 1. The van der Waals surface area contributed by atoms with E-state index < -0.39 is 45.9 Å². The first-order valence-corrected chi connectivity index (χ1v) is 12.8. The second-order valence-corrected chi connectivity index (χ2v) is 12.3. The monoisotopic (exact) mass is 599 g/mol. The van der Waals surface area contributed by atoms with E-state index in [0.717, 1.165) is 12.1 Å². The number of rotatable bonds is 5. The van der Waals surface area contributed by atoms with Crippen molar-refractivity contribution in [3.63, 3.8) is 0 Å². The summed E-state index contributed by atoms with van der Waals surface area (Å²) in [4.78, 5) is 24.0. The number of aliphatic hydroxyl groups is 1. The zero-order valence-electron chi connectivity index (χ0n) is 19.8. The number of nitrogens with one attached hydrogen (secondary N) is 1. The number of benzene rings is 2. The molecule has 13 heteroatoms. The number of alkyl halides is 3. The molecule has 1 amide bonds. The van der Waals surface area contributed by atoms with E-state index in [1.54, 1.807) is 20.8 Å². The van der Waals surface area contributed by atoms with Crippen molar-refractivity contribution in [2.45, 2.75) is 61.1 Å². The molecule has 2 aromatic carbocycles. The van der Waals surface area contributed by atoms with Crippen molar-refractivity contribution in [1.29, 1.82) is 0 Å². The minimum absolute atomic E-state index is 0.00595. The first-order valence-electron chi connectivity index (χ1n) is 10.8. The Morgan fingerprint density at radius 1 is 1.08 bits per heavy atom. The molecule has 3 rings (SSSR count). The largest absolute Gasteiger partial charge is 0.480 e. The molecule has 1 heterocycles. The second-order valence-electron chi connectivity index (χ2n) is 9.58. The van der Waals surface area contributed by atoms with Gasteiger partial charge in [0.2, 0.25) is 0 Å². The summed E-state index contributed by atoms with van der Waals surface area (Å²) in [5.74, 6) is -1.64. The molecule has 0 aromatic heterocycles. The molecular weight excluding hydrogens is 578 g/mol. The summed E-state index contributed by atoms with van der Waals surface area (Å²) in [5.41, 5.74) is -3.33. The van der Waals surface area contributed by atoms with Gasteiger partial charge >= 0.3 is 18.2 Å². The van der Waals surface area contributed by atoms with Gasteiger partial charge in [0.05, 0.1) is 0 Å². The van der Waals surface area contributed by atoms with Gasteiger partial charge < -0.3 is 20.3 Å². The average molecular weight is 601 g/mol. The smallest absolute Gasteiger partial charge is 0.407 e. The first-order chi connectivity index (χ1) is 16.9. The molecule has 3 unspecified atom stereocenters. The minimum Gasteiger partial charge on any atom is -0.480 e. The zero-order valence-corrected chi connectivity index (χ0v) is 22.8. The third-order valence-electron chi connectivity index (χ3n) is 5.66. The van der Waals surface area contributed by atoms with Gasteiger partial charge in [0.15, 0.2) is 0 Å². The molecule has 0 bridgehead atoms. The van der Waals surface area contributed by atoms with Crippen LogP contribution in [-0.4, -0.2) is 39.3 Å². The van der Waals surface area contributed by atoms with Crippen molar-refractivity contribution in [3.05, 3.63) is 68.2 Å². The molecule has 0 aliphatic carbocycles. The Hall–Kier alpha value is -1.85. The van der Waals surface area contributed by atoms with Crippen molar-refractivity contribution < 1.29 is 37.7 Å². The Kier molecular flexibility index (Phi) is 8.33. The normalized spacial score (nSPS) is 24.1. The zero-order chi connectivity index (χ0) is 28.0. The van der Waals surface area contributed by atoms with E-state index in [1.807, 2.05) is 0 Å². The molecule has 1 aliphatic rings. The summed E-state index contributed by atoms with van der Waals surface area (Å²) in [6, 6.07) is 7.23. The number of thioether (sulfide) groups is 1. The molecule has 1 saturated heterocycles. The van der Waals surface area contributed by atoms with Crippen molar-refractivity contribution in [1.82, 2.24) is 5.32 Å². The summed E-state index contributed by atoms with van der Waals surface area (Å²) < 4.78 is 46.1. The van der Waals surface area contributed by atoms with E-state index in [1.165, 1.54) is 24.3 Å². The molecule has 0 spiro atoms. The van der Waals surface area contributed by atoms with E-state index >= 15 is 0 Å². The maximum atomic E-state index is 14.6. The van der Waals surface area contributed by atoms with Crippen LogP contribution in [0.1, 0.15) is 43.9 Å². The number of hydrogen-bond acceptors (Lipinski definition) is 5. The van der Waals surface area contributed by atoms with E-state index in [-0.39, 0.29) is 44.5 Å². The van der Waals surface area contributed by atoms with Crippen molar-refractivity contribution >= 4 is 58.6 Å². The number of carbonyl (C=O) groups excluding carboxylic acids is 1. The Morgan fingerprint density at radius 3 is 2.16 bits per heavy atom. The summed E-state index contributed by atoms with van der Waals surface area (Å²) in [5, 5.41) is 21.8. The number of hydrogen-bond donors (Lipinski definition) is 3. The third kappa shape index (κ3) is 6.25. The Bertz CT molecular complexity index is 1200. The van der Waals surface area contributed by atoms with Gasteiger partial charge in [-0.25, -0.2) is 4.79 Å². The number of carboxylic acids is 1. The Morgan fingerprint density at radius 2 is 1.68 bits per heavy atom. The van der Waals surface area contributed by atoms with Crippen molar-refractivity contribution in [2.24, 2.45) is 0 Å². The van der Waals surface area contributed by atoms with Crippen LogP contribution in [0.2, 0.25) is 15.1 Å². The number of carbonyl (C=O) groups is 2. The lowest BCUT2D eigenvalue weighted by molar-refractivity contribution is -0.173. The van der Waals surface area contributed by atoms with Crippen LogP contribution in [0.3, 0.4) is 0 Å². The van der Waals surface area contributed by atoms with Crippen LogP contribution in [-0.2, 0) is 26.4 Å².